The van der Waals surface area contributed by atoms with Crippen molar-refractivity contribution in [2.45, 2.75) is 12.8 Å². The molecule has 3 heterocycles. The van der Waals surface area contributed by atoms with E-state index in [0.29, 0.717) is 23.9 Å². The number of fused-ring (bicyclic) bond motifs is 1. The fourth-order valence-electron chi connectivity index (χ4n) is 3.39. The fourth-order valence-corrected chi connectivity index (χ4v) is 4.04. The molecule has 13 heteroatoms. The van der Waals surface area contributed by atoms with E-state index < -0.39 is 18.2 Å². The van der Waals surface area contributed by atoms with Crippen molar-refractivity contribution in [2.75, 3.05) is 21.3 Å². The van der Waals surface area contributed by atoms with Crippen LogP contribution in [0.4, 0.5) is 36.6 Å². The molecule has 4 aromatic rings. The number of nitrogens with zero attached hydrogens (tertiary/aromatic N) is 2. The number of nitrogens with one attached hydrogen (secondary N) is 4. The lowest BCUT2D eigenvalue weighted by Gasteiger charge is -2.10. The van der Waals surface area contributed by atoms with Crippen LogP contribution in [0.1, 0.15) is 15.2 Å². The molecular formula is C24H18F2N6O4S. The molecular weight excluding hydrogens is 506 g/mol. The number of urea groups is 1. The zero-order valence-electron chi connectivity index (χ0n) is 18.8. The van der Waals surface area contributed by atoms with Gasteiger partial charge in [-0.05, 0) is 42.0 Å². The second kappa shape index (κ2) is 10.1. The molecule has 0 fully saturated rings. The standard InChI is InChI=1S/C24H18F2N6O4S/c25-24(26)35-17-7-6-16(11-18(17)36-24)30-22(33)20-21(29-13-37-20)28-12-14-8-9-27-19(10-14)32-23(34)31-15-4-2-1-3-5-15/h1-11,13,28H,12H2,(H,30,33)(H2,27,31,32,34). The molecule has 1 aliphatic heterocycles. The first-order valence-corrected chi connectivity index (χ1v) is 11.7. The number of halogens is 2. The molecule has 0 bridgehead atoms. The Morgan fingerprint density at radius 3 is 2.54 bits per heavy atom. The van der Waals surface area contributed by atoms with Gasteiger partial charge in [-0.15, -0.1) is 20.1 Å². The SMILES string of the molecule is O=C(Nc1ccccc1)Nc1cc(CNc2ncsc2C(=O)Nc2ccc3c(c2)OC(F)(F)O3)ccn1. The number of alkyl halides is 2. The van der Waals surface area contributed by atoms with E-state index in [2.05, 4.69) is 40.7 Å². The highest BCUT2D eigenvalue weighted by molar-refractivity contribution is 7.12. The van der Waals surface area contributed by atoms with Crippen molar-refractivity contribution in [2.24, 2.45) is 0 Å². The monoisotopic (exact) mass is 524 g/mol. The second-order valence-corrected chi connectivity index (χ2v) is 8.52. The van der Waals surface area contributed by atoms with Gasteiger partial charge in [0, 0.05) is 30.2 Å². The first-order chi connectivity index (χ1) is 17.8. The molecule has 4 N–H and O–H groups in total. The Balaban J connectivity index is 1.19. The van der Waals surface area contributed by atoms with Crippen molar-refractivity contribution in [3.63, 3.8) is 0 Å². The number of benzene rings is 2. The highest BCUT2D eigenvalue weighted by Gasteiger charge is 2.43. The summed E-state index contributed by atoms with van der Waals surface area (Å²) in [5.41, 5.74) is 3.18. The maximum atomic E-state index is 13.2. The Morgan fingerprint density at radius 1 is 0.892 bits per heavy atom. The van der Waals surface area contributed by atoms with E-state index in [1.807, 2.05) is 18.2 Å². The van der Waals surface area contributed by atoms with E-state index in [-0.39, 0.29) is 22.1 Å². The van der Waals surface area contributed by atoms with Gasteiger partial charge in [-0.1, -0.05) is 18.2 Å². The summed E-state index contributed by atoms with van der Waals surface area (Å²) in [4.78, 5) is 33.6. The van der Waals surface area contributed by atoms with Gasteiger partial charge in [0.25, 0.3) is 5.91 Å². The number of pyridine rings is 1. The molecule has 37 heavy (non-hydrogen) atoms. The molecule has 2 aromatic heterocycles. The van der Waals surface area contributed by atoms with Crippen LogP contribution in [0.2, 0.25) is 0 Å². The van der Waals surface area contributed by atoms with Gasteiger partial charge in [0.1, 0.15) is 16.5 Å². The highest BCUT2D eigenvalue weighted by Crippen LogP contribution is 2.42. The van der Waals surface area contributed by atoms with Crippen LogP contribution in [0.15, 0.2) is 72.4 Å². The van der Waals surface area contributed by atoms with Crippen molar-refractivity contribution in [1.29, 1.82) is 0 Å². The molecule has 0 saturated carbocycles. The number of carbonyl (C=O) groups is 2. The first kappa shape index (κ1) is 23.9. The third kappa shape index (κ3) is 5.90. The van der Waals surface area contributed by atoms with Crippen molar-refractivity contribution in [3.05, 3.63) is 82.8 Å². The minimum atomic E-state index is -3.74. The van der Waals surface area contributed by atoms with E-state index >= 15 is 0 Å². The number of carbonyl (C=O) groups excluding carboxylic acids is 2. The fraction of sp³-hybridized carbons (Fsp3) is 0.0833. The van der Waals surface area contributed by atoms with E-state index in [1.54, 1.807) is 30.5 Å². The van der Waals surface area contributed by atoms with Gasteiger partial charge in [0.05, 0.1) is 5.51 Å². The Morgan fingerprint density at radius 2 is 1.70 bits per heavy atom. The molecule has 0 spiro atoms. The van der Waals surface area contributed by atoms with Crippen LogP contribution >= 0.6 is 11.3 Å². The van der Waals surface area contributed by atoms with Gasteiger partial charge in [0.2, 0.25) is 0 Å². The maximum Gasteiger partial charge on any atom is 0.586 e. The summed E-state index contributed by atoms with van der Waals surface area (Å²) < 4.78 is 35.2. The quantitative estimate of drug-likeness (QED) is 0.256. The Hall–Kier alpha value is -4.78. The normalized spacial score (nSPS) is 13.0. The van der Waals surface area contributed by atoms with Crippen LogP contribution in [0.3, 0.4) is 0 Å². The number of hydrogen-bond donors (Lipinski definition) is 4. The predicted octanol–water partition coefficient (Wildman–Crippen LogP) is 5.37. The first-order valence-electron chi connectivity index (χ1n) is 10.8. The molecule has 0 radical (unpaired) electrons. The van der Waals surface area contributed by atoms with Crippen molar-refractivity contribution in [1.82, 2.24) is 9.97 Å². The van der Waals surface area contributed by atoms with Crippen molar-refractivity contribution >= 4 is 46.3 Å². The van der Waals surface area contributed by atoms with Gasteiger partial charge in [-0.2, -0.15) is 0 Å². The number of para-hydroxylation sites is 1. The molecule has 0 atom stereocenters. The highest BCUT2D eigenvalue weighted by atomic mass is 32.1. The molecule has 188 valence electrons. The molecule has 5 rings (SSSR count). The minimum Gasteiger partial charge on any atom is -0.395 e. The lowest BCUT2D eigenvalue weighted by molar-refractivity contribution is -0.286. The summed E-state index contributed by atoms with van der Waals surface area (Å²) in [6, 6.07) is 16.0. The number of rotatable bonds is 7. The van der Waals surface area contributed by atoms with Crippen molar-refractivity contribution < 1.29 is 27.8 Å². The summed E-state index contributed by atoms with van der Waals surface area (Å²) in [6.45, 7) is 0.292. The summed E-state index contributed by atoms with van der Waals surface area (Å²) in [5.74, 6) is -0.0949. The Bertz CT molecular complexity index is 1450. The zero-order chi connectivity index (χ0) is 25.8. The van der Waals surface area contributed by atoms with E-state index in [9.17, 15) is 18.4 Å². The van der Waals surface area contributed by atoms with Gasteiger partial charge < -0.3 is 25.4 Å². The number of amides is 3. The van der Waals surface area contributed by atoms with Gasteiger partial charge in [-0.25, -0.2) is 14.8 Å². The summed E-state index contributed by atoms with van der Waals surface area (Å²) in [5, 5.41) is 11.1. The van der Waals surface area contributed by atoms with E-state index in [4.69, 9.17) is 0 Å². The third-order valence-electron chi connectivity index (χ3n) is 4.99. The van der Waals surface area contributed by atoms with Crippen molar-refractivity contribution in [3.8, 4) is 11.5 Å². The molecule has 2 aromatic carbocycles. The average Bonchev–Trinajstić information content (AvgIpc) is 3.46. The smallest absolute Gasteiger partial charge is 0.395 e. The maximum absolute atomic E-state index is 13.2. The van der Waals surface area contributed by atoms with Gasteiger partial charge in [-0.3, -0.25) is 10.1 Å². The number of ether oxygens (including phenoxy) is 2. The van der Waals surface area contributed by atoms with Gasteiger partial charge in [0.15, 0.2) is 11.5 Å². The Labute approximate surface area is 212 Å². The summed E-state index contributed by atoms with van der Waals surface area (Å²) >= 11 is 1.11. The molecule has 10 nitrogen and oxygen atoms in total. The van der Waals surface area contributed by atoms with Crippen LogP contribution in [0, 0.1) is 0 Å². The largest absolute Gasteiger partial charge is 0.586 e. The van der Waals surface area contributed by atoms with Crippen LogP contribution in [-0.2, 0) is 6.54 Å². The van der Waals surface area contributed by atoms with Crippen LogP contribution in [0.5, 0.6) is 11.5 Å². The summed E-state index contributed by atoms with van der Waals surface area (Å²) in [7, 11) is 0. The predicted molar refractivity (Wildman–Crippen MR) is 133 cm³/mol. The zero-order valence-corrected chi connectivity index (χ0v) is 19.6. The lowest BCUT2D eigenvalue weighted by Crippen LogP contribution is -2.25. The minimum absolute atomic E-state index is 0.119. The summed E-state index contributed by atoms with van der Waals surface area (Å²) in [6.07, 6.45) is -2.19. The number of hydrogen-bond acceptors (Lipinski definition) is 8. The Kier molecular flexibility index (Phi) is 6.51. The molecule has 0 saturated heterocycles. The second-order valence-electron chi connectivity index (χ2n) is 7.66. The lowest BCUT2D eigenvalue weighted by atomic mass is 10.2. The number of aromatic nitrogens is 2. The van der Waals surface area contributed by atoms with Crippen LogP contribution < -0.4 is 30.7 Å². The third-order valence-corrected chi connectivity index (χ3v) is 5.82. The topological polar surface area (TPSA) is 127 Å². The molecule has 0 unspecified atom stereocenters. The molecule has 1 aliphatic rings. The average molecular weight is 525 g/mol. The molecule has 3 amide bonds. The van der Waals surface area contributed by atoms with E-state index in [0.717, 1.165) is 16.9 Å². The number of thiazole rings is 1. The number of anilines is 4. The van der Waals surface area contributed by atoms with Crippen LogP contribution in [-0.4, -0.2) is 28.2 Å². The van der Waals surface area contributed by atoms with Crippen LogP contribution in [0.25, 0.3) is 0 Å². The van der Waals surface area contributed by atoms with E-state index in [1.165, 1.54) is 23.7 Å². The molecule has 0 aliphatic carbocycles. The van der Waals surface area contributed by atoms with Gasteiger partial charge >= 0.3 is 12.3 Å².